The first-order valence-corrected chi connectivity index (χ1v) is 8.55. The topological polar surface area (TPSA) is 58.5 Å². The lowest BCUT2D eigenvalue weighted by Crippen LogP contribution is -2.12. The van der Waals surface area contributed by atoms with E-state index in [1.54, 1.807) is 12.1 Å². The van der Waals surface area contributed by atoms with Crippen molar-refractivity contribution < 1.29 is 13.6 Å². The zero-order valence-electron chi connectivity index (χ0n) is 13.8. The van der Waals surface area contributed by atoms with Crippen LogP contribution >= 0.6 is 11.3 Å². The molecule has 0 atom stereocenters. The largest absolute Gasteiger partial charge is 0.316 e. The molecule has 0 unspecified atom stereocenters. The number of halogens is 2. The van der Waals surface area contributed by atoms with Crippen LogP contribution in [-0.4, -0.2) is 5.91 Å². The van der Waals surface area contributed by atoms with Gasteiger partial charge in [-0.1, -0.05) is 23.4 Å². The molecule has 4 nitrogen and oxygen atoms in total. The molecular formula is C19H14F2N2O2S. The number of benzene rings is 2. The number of rotatable bonds is 5. The second kappa shape index (κ2) is 7.53. The molecular weight excluding hydrogens is 358 g/mol. The van der Waals surface area contributed by atoms with Crippen molar-refractivity contribution >= 4 is 22.9 Å². The highest BCUT2D eigenvalue weighted by Crippen LogP contribution is 2.32. The quantitative estimate of drug-likeness (QED) is 0.600. The zero-order valence-corrected chi connectivity index (χ0v) is 14.6. The minimum absolute atomic E-state index is 0.0680. The highest BCUT2D eigenvalue weighted by molar-refractivity contribution is 7.17. The van der Waals surface area contributed by atoms with E-state index in [9.17, 15) is 18.5 Å². The van der Waals surface area contributed by atoms with E-state index < -0.39 is 23.2 Å². The van der Waals surface area contributed by atoms with Crippen molar-refractivity contribution in [1.29, 1.82) is 0 Å². The monoisotopic (exact) mass is 372 g/mol. The van der Waals surface area contributed by atoms with Gasteiger partial charge in [-0.15, -0.1) is 11.3 Å². The number of nitrogens with one attached hydrogen (secondary N) is 1. The molecule has 0 saturated carbocycles. The highest BCUT2D eigenvalue weighted by Gasteiger charge is 2.16. The summed E-state index contributed by atoms with van der Waals surface area (Å²) in [5, 5.41) is 5.16. The summed E-state index contributed by atoms with van der Waals surface area (Å²) in [5.74, 6) is -2.26. The maximum absolute atomic E-state index is 13.7. The standard InChI is InChI=1S/C19H14F2N2O2S/c1-11-5-6-12(10-22-25)9-13(11)16-7-8-17(26-16)19(24)23-18-14(20)3-2-4-15(18)21/h2-9H,10H2,1H3,(H,23,24). The Morgan fingerprint density at radius 3 is 2.54 bits per heavy atom. The molecule has 0 aliphatic carbocycles. The molecule has 0 fully saturated rings. The molecule has 1 aromatic heterocycles. The van der Waals surface area contributed by atoms with Gasteiger partial charge in [0.1, 0.15) is 23.9 Å². The number of anilines is 1. The average molecular weight is 372 g/mol. The summed E-state index contributed by atoms with van der Waals surface area (Å²) in [7, 11) is 0. The smallest absolute Gasteiger partial charge is 0.265 e. The van der Waals surface area contributed by atoms with Gasteiger partial charge in [0.2, 0.25) is 0 Å². The Bertz CT molecular complexity index is 965. The van der Waals surface area contributed by atoms with Crippen LogP contribution in [0.2, 0.25) is 0 Å². The van der Waals surface area contributed by atoms with Crippen LogP contribution < -0.4 is 5.32 Å². The molecule has 0 aliphatic heterocycles. The van der Waals surface area contributed by atoms with E-state index >= 15 is 0 Å². The summed E-state index contributed by atoms with van der Waals surface area (Å²) in [6.45, 7) is 1.99. The third kappa shape index (κ3) is 3.67. The molecule has 0 aliphatic rings. The Kier molecular flexibility index (Phi) is 5.18. The van der Waals surface area contributed by atoms with Crippen molar-refractivity contribution in [3.63, 3.8) is 0 Å². The number of para-hydroxylation sites is 1. The van der Waals surface area contributed by atoms with E-state index in [2.05, 4.69) is 10.5 Å². The van der Waals surface area contributed by atoms with Gasteiger partial charge in [0.05, 0.1) is 4.88 Å². The molecule has 0 spiro atoms. The summed E-state index contributed by atoms with van der Waals surface area (Å²) in [6.07, 6.45) is 0. The van der Waals surface area contributed by atoms with Crippen LogP contribution in [0.25, 0.3) is 10.4 Å². The molecule has 0 radical (unpaired) electrons. The number of amides is 1. The van der Waals surface area contributed by atoms with Crippen molar-refractivity contribution in [3.8, 4) is 10.4 Å². The number of aryl methyl sites for hydroxylation is 1. The summed E-state index contributed by atoms with van der Waals surface area (Å²) >= 11 is 1.20. The molecule has 0 saturated heterocycles. The van der Waals surface area contributed by atoms with Gasteiger partial charge in [-0.3, -0.25) is 4.79 Å². The average Bonchev–Trinajstić information content (AvgIpc) is 3.10. The molecule has 132 valence electrons. The predicted octanol–water partition coefficient (Wildman–Crippen LogP) is 5.52. The Morgan fingerprint density at radius 1 is 1.12 bits per heavy atom. The summed E-state index contributed by atoms with van der Waals surface area (Å²) in [5.41, 5.74) is 2.16. The summed E-state index contributed by atoms with van der Waals surface area (Å²) < 4.78 is 27.4. The first-order chi connectivity index (χ1) is 12.5. The fraction of sp³-hybridized carbons (Fsp3) is 0.105. The molecule has 7 heteroatoms. The van der Waals surface area contributed by atoms with Crippen LogP contribution in [0.1, 0.15) is 20.8 Å². The van der Waals surface area contributed by atoms with E-state index in [-0.39, 0.29) is 6.54 Å². The lowest BCUT2D eigenvalue weighted by atomic mass is 10.0. The Morgan fingerprint density at radius 2 is 1.85 bits per heavy atom. The fourth-order valence-corrected chi connectivity index (χ4v) is 3.49. The van der Waals surface area contributed by atoms with E-state index in [0.717, 1.165) is 33.7 Å². The van der Waals surface area contributed by atoms with Crippen LogP contribution in [0.5, 0.6) is 0 Å². The Labute approximate surface area is 152 Å². The Balaban J connectivity index is 1.87. The molecule has 1 amide bonds. The zero-order chi connectivity index (χ0) is 18.7. The molecule has 0 bridgehead atoms. The number of carbonyl (C=O) groups excluding carboxylic acids is 1. The maximum Gasteiger partial charge on any atom is 0.265 e. The van der Waals surface area contributed by atoms with Gasteiger partial charge in [-0.05, 0) is 53.9 Å². The van der Waals surface area contributed by atoms with E-state index in [4.69, 9.17) is 0 Å². The molecule has 1 heterocycles. The third-order valence-corrected chi connectivity index (χ3v) is 4.96. The minimum Gasteiger partial charge on any atom is -0.316 e. The molecule has 3 aromatic rings. The fourth-order valence-electron chi connectivity index (χ4n) is 2.50. The van der Waals surface area contributed by atoms with Gasteiger partial charge in [0.15, 0.2) is 0 Å². The van der Waals surface area contributed by atoms with E-state index in [1.165, 1.54) is 17.4 Å². The Hall–Kier alpha value is -2.93. The number of nitroso groups, excluding NO2 is 1. The highest BCUT2D eigenvalue weighted by atomic mass is 32.1. The SMILES string of the molecule is Cc1ccc(CN=O)cc1-c1ccc(C(=O)Nc2c(F)cccc2F)s1. The van der Waals surface area contributed by atoms with Crippen LogP contribution in [0, 0.1) is 23.5 Å². The number of hydrogen-bond acceptors (Lipinski definition) is 4. The predicted molar refractivity (Wildman–Crippen MR) is 98.3 cm³/mol. The summed E-state index contributed by atoms with van der Waals surface area (Å²) in [6, 6.07) is 12.3. The number of hydrogen-bond donors (Lipinski definition) is 1. The number of carbonyl (C=O) groups is 1. The lowest BCUT2D eigenvalue weighted by molar-refractivity contribution is 0.102. The molecule has 3 rings (SSSR count). The van der Waals surface area contributed by atoms with Gasteiger partial charge in [-0.25, -0.2) is 8.78 Å². The van der Waals surface area contributed by atoms with Crippen molar-refractivity contribution in [2.24, 2.45) is 5.18 Å². The summed E-state index contributed by atoms with van der Waals surface area (Å²) in [4.78, 5) is 23.9. The van der Waals surface area contributed by atoms with Crippen LogP contribution in [0.3, 0.4) is 0 Å². The van der Waals surface area contributed by atoms with Gasteiger partial charge in [0, 0.05) is 4.88 Å². The van der Waals surface area contributed by atoms with Gasteiger partial charge in [0.25, 0.3) is 5.91 Å². The minimum atomic E-state index is -0.833. The van der Waals surface area contributed by atoms with Crippen LogP contribution in [0.4, 0.5) is 14.5 Å². The lowest BCUT2D eigenvalue weighted by Gasteiger charge is -2.06. The van der Waals surface area contributed by atoms with Crippen molar-refractivity contribution in [2.75, 3.05) is 5.32 Å². The van der Waals surface area contributed by atoms with Crippen LogP contribution in [0.15, 0.2) is 53.7 Å². The van der Waals surface area contributed by atoms with Gasteiger partial charge < -0.3 is 5.32 Å². The molecule has 2 aromatic carbocycles. The first kappa shape index (κ1) is 17.9. The molecule has 26 heavy (non-hydrogen) atoms. The second-order valence-electron chi connectivity index (χ2n) is 5.65. The number of nitrogens with zero attached hydrogens (tertiary/aromatic N) is 1. The van der Waals surface area contributed by atoms with Crippen LogP contribution in [-0.2, 0) is 6.54 Å². The van der Waals surface area contributed by atoms with Crippen molar-refractivity contribution in [3.05, 3.63) is 81.1 Å². The second-order valence-corrected chi connectivity index (χ2v) is 6.73. The number of thiophene rings is 1. The van der Waals surface area contributed by atoms with E-state index in [0.29, 0.717) is 4.88 Å². The third-order valence-electron chi connectivity index (χ3n) is 3.85. The normalized spacial score (nSPS) is 10.6. The van der Waals surface area contributed by atoms with Crippen molar-refractivity contribution in [1.82, 2.24) is 0 Å². The van der Waals surface area contributed by atoms with Gasteiger partial charge >= 0.3 is 0 Å². The first-order valence-electron chi connectivity index (χ1n) is 7.74. The van der Waals surface area contributed by atoms with Gasteiger partial charge in [-0.2, -0.15) is 4.91 Å². The van der Waals surface area contributed by atoms with Crippen molar-refractivity contribution in [2.45, 2.75) is 13.5 Å². The maximum atomic E-state index is 13.7. The molecule has 1 N–H and O–H groups in total. The van der Waals surface area contributed by atoms with E-state index in [1.807, 2.05) is 25.1 Å².